The first-order valence-corrected chi connectivity index (χ1v) is 6.55. The topological polar surface area (TPSA) is 84.7 Å². The van der Waals surface area contributed by atoms with Crippen LogP contribution in [-0.2, 0) is 16.0 Å². The Bertz CT molecular complexity index is 516. The molecule has 6 nitrogen and oxygen atoms in total. The molecule has 3 N–H and O–H groups in total. The average molecular weight is 277 g/mol. The van der Waals surface area contributed by atoms with Gasteiger partial charge in [-0.25, -0.2) is 0 Å². The number of fused-ring (bicyclic) bond motifs is 1. The van der Waals surface area contributed by atoms with Crippen LogP contribution < -0.4 is 11.1 Å². The van der Waals surface area contributed by atoms with Gasteiger partial charge in [0.25, 0.3) is 5.91 Å². The average Bonchev–Trinajstić information content (AvgIpc) is 2.43. The quantitative estimate of drug-likeness (QED) is 0.587. The van der Waals surface area contributed by atoms with Crippen molar-refractivity contribution in [1.82, 2.24) is 10.2 Å². The summed E-state index contributed by atoms with van der Waals surface area (Å²) in [5.41, 5.74) is 7.85. The van der Waals surface area contributed by atoms with E-state index < -0.39 is 0 Å². The van der Waals surface area contributed by atoms with E-state index in [9.17, 15) is 9.59 Å². The fourth-order valence-electron chi connectivity index (χ4n) is 2.21. The molecular weight excluding hydrogens is 258 g/mol. The zero-order chi connectivity index (χ0) is 14.5. The van der Waals surface area contributed by atoms with Gasteiger partial charge < -0.3 is 20.7 Å². The highest BCUT2D eigenvalue weighted by Crippen LogP contribution is 2.21. The largest absolute Gasteiger partial charge is 0.399 e. The van der Waals surface area contributed by atoms with Crippen molar-refractivity contribution in [2.75, 3.05) is 39.1 Å². The van der Waals surface area contributed by atoms with Gasteiger partial charge in [-0.3, -0.25) is 9.59 Å². The van der Waals surface area contributed by atoms with Gasteiger partial charge in [0.2, 0.25) is 5.91 Å². The Hall–Kier alpha value is -2.08. The van der Waals surface area contributed by atoms with Crippen molar-refractivity contribution in [3.05, 3.63) is 29.3 Å². The third-order valence-corrected chi connectivity index (χ3v) is 3.27. The van der Waals surface area contributed by atoms with E-state index in [0.29, 0.717) is 30.9 Å². The summed E-state index contributed by atoms with van der Waals surface area (Å²) >= 11 is 0. The molecule has 0 saturated carbocycles. The van der Waals surface area contributed by atoms with E-state index in [1.54, 1.807) is 24.1 Å². The van der Waals surface area contributed by atoms with E-state index in [2.05, 4.69) is 5.32 Å². The Kier molecular flexibility index (Phi) is 4.57. The lowest BCUT2D eigenvalue weighted by atomic mass is 9.98. The second kappa shape index (κ2) is 6.38. The third kappa shape index (κ3) is 3.27. The first-order valence-electron chi connectivity index (χ1n) is 6.55. The van der Waals surface area contributed by atoms with E-state index in [1.165, 1.54) is 0 Å². The van der Waals surface area contributed by atoms with Crippen LogP contribution in [0.25, 0.3) is 0 Å². The van der Waals surface area contributed by atoms with Crippen LogP contribution in [0.15, 0.2) is 18.2 Å². The van der Waals surface area contributed by atoms with Crippen molar-refractivity contribution in [1.29, 1.82) is 0 Å². The highest BCUT2D eigenvalue weighted by atomic mass is 16.5. The molecule has 1 aromatic carbocycles. The van der Waals surface area contributed by atoms with Gasteiger partial charge in [0.15, 0.2) is 0 Å². The predicted molar refractivity (Wildman–Crippen MR) is 75.3 cm³/mol. The second-order valence-corrected chi connectivity index (χ2v) is 4.74. The molecule has 108 valence electrons. The van der Waals surface area contributed by atoms with Crippen molar-refractivity contribution in [2.45, 2.75) is 6.42 Å². The van der Waals surface area contributed by atoms with Gasteiger partial charge in [-0.05, 0) is 24.1 Å². The number of rotatable bonds is 5. The molecule has 1 aliphatic rings. The fourth-order valence-corrected chi connectivity index (χ4v) is 2.21. The zero-order valence-corrected chi connectivity index (χ0v) is 11.5. The van der Waals surface area contributed by atoms with E-state index in [0.717, 1.165) is 12.0 Å². The molecule has 1 aliphatic heterocycles. The lowest BCUT2D eigenvalue weighted by molar-refractivity contribution is -0.122. The van der Waals surface area contributed by atoms with Gasteiger partial charge in [0.05, 0.1) is 13.2 Å². The van der Waals surface area contributed by atoms with Crippen LogP contribution in [0.2, 0.25) is 0 Å². The summed E-state index contributed by atoms with van der Waals surface area (Å²) in [5, 5.41) is 2.70. The predicted octanol–water partition coefficient (Wildman–Crippen LogP) is 0.0297. The van der Waals surface area contributed by atoms with E-state index in [4.69, 9.17) is 10.5 Å². The number of benzene rings is 1. The Morgan fingerprint density at radius 1 is 1.50 bits per heavy atom. The highest BCUT2D eigenvalue weighted by Gasteiger charge is 2.25. The molecule has 20 heavy (non-hydrogen) atoms. The molecule has 2 rings (SSSR count). The van der Waals surface area contributed by atoms with Crippen molar-refractivity contribution < 1.29 is 14.3 Å². The molecule has 2 amide bonds. The number of nitrogens with zero attached hydrogens (tertiary/aromatic N) is 1. The fraction of sp³-hybridized carbons (Fsp3) is 0.429. The number of carbonyl (C=O) groups is 2. The Morgan fingerprint density at radius 3 is 3.05 bits per heavy atom. The van der Waals surface area contributed by atoms with Crippen LogP contribution in [0.5, 0.6) is 0 Å². The minimum atomic E-state index is -0.178. The minimum absolute atomic E-state index is 0.0663. The maximum absolute atomic E-state index is 12.3. The van der Waals surface area contributed by atoms with Crippen molar-refractivity contribution in [2.24, 2.45) is 0 Å². The summed E-state index contributed by atoms with van der Waals surface area (Å²) in [6.07, 6.45) is 0.743. The monoisotopic (exact) mass is 277 g/mol. The Labute approximate surface area is 117 Å². The zero-order valence-electron chi connectivity index (χ0n) is 11.5. The lowest BCUT2D eigenvalue weighted by Crippen LogP contribution is -2.44. The molecule has 0 aromatic heterocycles. The normalized spacial score (nSPS) is 14.1. The van der Waals surface area contributed by atoms with Crippen LogP contribution >= 0.6 is 0 Å². The van der Waals surface area contributed by atoms with Gasteiger partial charge >= 0.3 is 0 Å². The number of anilines is 1. The molecule has 0 unspecified atom stereocenters. The van der Waals surface area contributed by atoms with Gasteiger partial charge in [-0.2, -0.15) is 0 Å². The molecule has 0 fully saturated rings. The summed E-state index contributed by atoms with van der Waals surface area (Å²) in [5.74, 6) is -0.316. The maximum Gasteiger partial charge on any atom is 0.254 e. The van der Waals surface area contributed by atoms with Gasteiger partial charge in [0, 0.05) is 31.5 Å². The summed E-state index contributed by atoms with van der Waals surface area (Å²) in [7, 11) is 1.57. The molecule has 0 radical (unpaired) electrons. The number of ether oxygens (including phenoxy) is 1. The number of nitrogen functional groups attached to an aromatic ring is 1. The maximum atomic E-state index is 12.3. The standard InChI is InChI=1S/C14H19N3O3/c1-20-7-5-16-13(18)9-17-6-4-10-2-3-11(15)8-12(10)14(17)19/h2-3,8H,4-7,9,15H2,1H3,(H,16,18). The first-order chi connectivity index (χ1) is 9.61. The highest BCUT2D eigenvalue weighted by molar-refractivity contribution is 5.99. The molecule has 1 aromatic rings. The molecular formula is C14H19N3O3. The molecule has 0 atom stereocenters. The third-order valence-electron chi connectivity index (χ3n) is 3.27. The van der Waals surface area contributed by atoms with Crippen LogP contribution in [0.3, 0.4) is 0 Å². The summed E-state index contributed by atoms with van der Waals surface area (Å²) < 4.78 is 4.85. The summed E-state index contributed by atoms with van der Waals surface area (Å²) in [6, 6.07) is 5.34. The van der Waals surface area contributed by atoms with Gasteiger partial charge in [-0.1, -0.05) is 6.07 Å². The molecule has 0 saturated heterocycles. The SMILES string of the molecule is COCCNC(=O)CN1CCc2ccc(N)cc2C1=O. The first kappa shape index (κ1) is 14.3. The summed E-state index contributed by atoms with van der Waals surface area (Å²) in [6.45, 7) is 1.52. The number of nitrogens with one attached hydrogen (secondary N) is 1. The van der Waals surface area contributed by atoms with Crippen LogP contribution in [-0.4, -0.2) is 50.1 Å². The van der Waals surface area contributed by atoms with Crippen LogP contribution in [0, 0.1) is 0 Å². The number of methoxy groups -OCH3 is 1. The summed E-state index contributed by atoms with van der Waals surface area (Å²) in [4.78, 5) is 25.6. The minimum Gasteiger partial charge on any atom is -0.399 e. The molecule has 1 heterocycles. The Balaban J connectivity index is 1.98. The second-order valence-electron chi connectivity index (χ2n) is 4.74. The number of amides is 2. The van der Waals surface area contributed by atoms with Crippen LogP contribution in [0.4, 0.5) is 5.69 Å². The number of hydrogen-bond acceptors (Lipinski definition) is 4. The van der Waals surface area contributed by atoms with Crippen molar-refractivity contribution >= 4 is 17.5 Å². The lowest BCUT2D eigenvalue weighted by Gasteiger charge is -2.28. The van der Waals surface area contributed by atoms with E-state index >= 15 is 0 Å². The van der Waals surface area contributed by atoms with Crippen molar-refractivity contribution in [3.63, 3.8) is 0 Å². The van der Waals surface area contributed by atoms with E-state index in [-0.39, 0.29) is 18.4 Å². The number of nitrogens with two attached hydrogens (primary N) is 1. The number of carbonyl (C=O) groups excluding carboxylic acids is 2. The Morgan fingerprint density at radius 2 is 2.30 bits per heavy atom. The van der Waals surface area contributed by atoms with Gasteiger partial charge in [0.1, 0.15) is 0 Å². The molecule has 0 spiro atoms. The molecule has 0 aliphatic carbocycles. The molecule has 6 heteroatoms. The van der Waals surface area contributed by atoms with Crippen LogP contribution in [0.1, 0.15) is 15.9 Å². The number of hydrogen-bond donors (Lipinski definition) is 2. The van der Waals surface area contributed by atoms with E-state index in [1.807, 2.05) is 6.07 Å². The van der Waals surface area contributed by atoms with Gasteiger partial charge in [-0.15, -0.1) is 0 Å². The molecule has 0 bridgehead atoms. The smallest absolute Gasteiger partial charge is 0.254 e. The van der Waals surface area contributed by atoms with Crippen molar-refractivity contribution in [3.8, 4) is 0 Å².